The first kappa shape index (κ1) is 29.4. The number of aromatic nitrogens is 4. The van der Waals surface area contributed by atoms with Crippen LogP contribution in [0.4, 0.5) is 0 Å². The molecule has 0 aliphatic carbocycles. The number of rotatable bonds is 5. The van der Waals surface area contributed by atoms with Crippen LogP contribution in [0, 0.1) is 0 Å². The largest absolute Gasteiger partial charge is 0.256 e. The fourth-order valence-electron chi connectivity index (χ4n) is 7.01. The van der Waals surface area contributed by atoms with E-state index >= 15 is 0 Å². The van der Waals surface area contributed by atoms with Gasteiger partial charge in [-0.3, -0.25) is 4.98 Å². The zero-order chi connectivity index (χ0) is 33.7. The van der Waals surface area contributed by atoms with Crippen LogP contribution in [0.25, 0.3) is 98.3 Å². The highest BCUT2D eigenvalue weighted by Gasteiger charge is 2.17. The third kappa shape index (κ3) is 5.23. The summed E-state index contributed by atoms with van der Waals surface area (Å²) in [5, 5.41) is 6.00. The fourth-order valence-corrected chi connectivity index (χ4v) is 8.23. The third-order valence-corrected chi connectivity index (χ3v) is 10.8. The van der Waals surface area contributed by atoms with E-state index in [1.54, 1.807) is 0 Å². The number of hydrogen-bond donors (Lipinski definition) is 0. The predicted octanol–water partition coefficient (Wildman–Crippen LogP) is 12.3. The lowest BCUT2D eigenvalue weighted by molar-refractivity contribution is 1.07. The second-order valence-electron chi connectivity index (χ2n) is 12.7. The van der Waals surface area contributed by atoms with Crippen LogP contribution in [0.5, 0.6) is 0 Å². The molecule has 0 unspecified atom stereocenters. The molecule has 3 heterocycles. The average Bonchev–Trinajstić information content (AvgIpc) is 3.59. The molecular weight excluding hydrogens is 641 g/mol. The summed E-state index contributed by atoms with van der Waals surface area (Å²) in [6, 6.07) is 57.4. The molecule has 4 nitrogen and oxygen atoms in total. The van der Waals surface area contributed by atoms with E-state index in [1.165, 1.54) is 36.7 Å². The van der Waals surface area contributed by atoms with E-state index in [0.29, 0.717) is 17.5 Å². The van der Waals surface area contributed by atoms with Crippen LogP contribution in [0.3, 0.4) is 0 Å². The van der Waals surface area contributed by atoms with E-state index in [-0.39, 0.29) is 0 Å². The molecule has 3 aromatic heterocycles. The summed E-state index contributed by atoms with van der Waals surface area (Å²) in [6.07, 6.45) is 1.88. The Morgan fingerprint density at radius 2 is 1.00 bits per heavy atom. The first-order chi connectivity index (χ1) is 25.2. The van der Waals surface area contributed by atoms with Gasteiger partial charge in [-0.05, 0) is 58.5 Å². The highest BCUT2D eigenvalue weighted by Crippen LogP contribution is 2.44. The van der Waals surface area contributed by atoms with Crippen LogP contribution >= 0.6 is 11.3 Å². The van der Waals surface area contributed by atoms with Crippen molar-refractivity contribution in [3.8, 4) is 56.4 Å². The third-order valence-electron chi connectivity index (χ3n) is 9.53. The number of benzene rings is 7. The van der Waals surface area contributed by atoms with Gasteiger partial charge in [0.2, 0.25) is 0 Å². The molecule has 7 aromatic carbocycles. The van der Waals surface area contributed by atoms with E-state index in [2.05, 4.69) is 97.1 Å². The summed E-state index contributed by atoms with van der Waals surface area (Å²) in [7, 11) is 0. The lowest BCUT2D eigenvalue weighted by Crippen LogP contribution is -2.00. The normalized spacial score (nSPS) is 11.5. The van der Waals surface area contributed by atoms with Crippen LogP contribution in [0.1, 0.15) is 0 Å². The molecule has 0 amide bonds. The topological polar surface area (TPSA) is 51.6 Å². The minimum Gasteiger partial charge on any atom is -0.256 e. The maximum Gasteiger partial charge on any atom is 0.164 e. The molecule has 0 aliphatic rings. The Hall–Kier alpha value is -6.56. The quantitative estimate of drug-likeness (QED) is 0.171. The van der Waals surface area contributed by atoms with Gasteiger partial charge in [0.15, 0.2) is 17.5 Å². The standard InChI is InChI=1S/C46H28N4S/c1-3-11-31(12-4-1)44-48-45(32-13-5-2-6-14-32)50-46(49-44)35-16-9-15-34(25-35)39-27-36(28-40-37-18-7-8-19-41(37)51-43(39)40)33-23-21-29-20-22-30-17-10-24-47-42(30)38(29)26-33/h1-28H. The summed E-state index contributed by atoms with van der Waals surface area (Å²) in [4.78, 5) is 19.7. The monoisotopic (exact) mass is 668 g/mol. The van der Waals surface area contributed by atoms with Gasteiger partial charge in [0.25, 0.3) is 0 Å². The van der Waals surface area contributed by atoms with Crippen LogP contribution in [-0.4, -0.2) is 19.9 Å². The highest BCUT2D eigenvalue weighted by atomic mass is 32.1. The molecule has 0 spiro atoms. The zero-order valence-corrected chi connectivity index (χ0v) is 28.2. The van der Waals surface area contributed by atoms with Crippen molar-refractivity contribution < 1.29 is 0 Å². The SMILES string of the molecule is c1ccc(-c2nc(-c3ccccc3)nc(-c3cccc(-c4cc(-c5ccc6ccc7cccnc7c6c5)cc5c4sc4ccccc45)c3)n2)cc1. The Kier molecular flexibility index (Phi) is 6.96. The Labute approximate surface area is 298 Å². The minimum absolute atomic E-state index is 0.641. The summed E-state index contributed by atoms with van der Waals surface area (Å²) in [6.45, 7) is 0. The number of fused-ring (bicyclic) bond motifs is 6. The molecule has 0 bridgehead atoms. The molecule has 0 aliphatic heterocycles. The maximum atomic E-state index is 5.02. The van der Waals surface area contributed by atoms with E-state index < -0.39 is 0 Å². The molecular formula is C46H28N4S. The van der Waals surface area contributed by atoms with E-state index in [0.717, 1.165) is 44.1 Å². The van der Waals surface area contributed by atoms with E-state index in [4.69, 9.17) is 19.9 Å². The van der Waals surface area contributed by atoms with Crippen molar-refractivity contribution in [2.45, 2.75) is 0 Å². The Morgan fingerprint density at radius 3 is 1.78 bits per heavy atom. The van der Waals surface area contributed by atoms with E-state index in [9.17, 15) is 0 Å². The van der Waals surface area contributed by atoms with E-state index in [1.807, 2.05) is 84.3 Å². The lowest BCUT2D eigenvalue weighted by atomic mass is 9.93. The zero-order valence-electron chi connectivity index (χ0n) is 27.4. The Morgan fingerprint density at radius 1 is 0.373 bits per heavy atom. The number of thiophene rings is 1. The summed E-state index contributed by atoms with van der Waals surface area (Å²) in [5.74, 6) is 1.94. The fraction of sp³-hybridized carbons (Fsp3) is 0. The minimum atomic E-state index is 0.641. The van der Waals surface area contributed by atoms with Gasteiger partial charge in [0, 0.05) is 59.4 Å². The van der Waals surface area contributed by atoms with Crippen molar-refractivity contribution in [3.63, 3.8) is 0 Å². The van der Waals surface area contributed by atoms with Gasteiger partial charge in [-0.15, -0.1) is 11.3 Å². The molecule has 5 heteroatoms. The second kappa shape index (κ2) is 12.1. The first-order valence-corrected chi connectivity index (χ1v) is 17.8. The molecule has 0 atom stereocenters. The molecule has 10 aromatic rings. The first-order valence-electron chi connectivity index (χ1n) is 17.0. The molecule has 0 N–H and O–H groups in total. The second-order valence-corrected chi connectivity index (χ2v) is 13.7. The van der Waals surface area contributed by atoms with Crippen molar-refractivity contribution in [2.24, 2.45) is 0 Å². The molecule has 51 heavy (non-hydrogen) atoms. The van der Waals surface area contributed by atoms with Crippen LogP contribution in [-0.2, 0) is 0 Å². The highest BCUT2D eigenvalue weighted by molar-refractivity contribution is 7.26. The van der Waals surface area contributed by atoms with Gasteiger partial charge < -0.3 is 0 Å². The summed E-state index contributed by atoms with van der Waals surface area (Å²) < 4.78 is 2.53. The molecule has 10 rings (SSSR count). The smallest absolute Gasteiger partial charge is 0.164 e. The van der Waals surface area contributed by atoms with Crippen molar-refractivity contribution >= 4 is 53.2 Å². The molecule has 0 saturated heterocycles. The van der Waals surface area contributed by atoms with Gasteiger partial charge in [-0.2, -0.15) is 0 Å². The number of nitrogens with zero attached hydrogens (tertiary/aromatic N) is 4. The maximum absolute atomic E-state index is 5.02. The van der Waals surface area contributed by atoms with Crippen LogP contribution in [0.15, 0.2) is 170 Å². The Bertz CT molecular complexity index is 2860. The van der Waals surface area contributed by atoms with Crippen LogP contribution < -0.4 is 0 Å². The van der Waals surface area contributed by atoms with Gasteiger partial charge >= 0.3 is 0 Å². The number of hydrogen-bond acceptors (Lipinski definition) is 5. The summed E-state index contributed by atoms with van der Waals surface area (Å²) >= 11 is 1.84. The predicted molar refractivity (Wildman–Crippen MR) is 213 cm³/mol. The van der Waals surface area contributed by atoms with Crippen molar-refractivity contribution in [2.75, 3.05) is 0 Å². The lowest BCUT2D eigenvalue weighted by Gasteiger charge is -2.12. The van der Waals surface area contributed by atoms with Gasteiger partial charge in [0.05, 0.1) is 5.52 Å². The van der Waals surface area contributed by atoms with Gasteiger partial charge in [0.1, 0.15) is 0 Å². The van der Waals surface area contributed by atoms with Crippen molar-refractivity contribution in [1.29, 1.82) is 0 Å². The number of pyridine rings is 1. The van der Waals surface area contributed by atoms with Crippen LogP contribution in [0.2, 0.25) is 0 Å². The Balaban J connectivity index is 1.17. The average molecular weight is 669 g/mol. The summed E-state index contributed by atoms with van der Waals surface area (Å²) in [5.41, 5.74) is 8.48. The molecule has 238 valence electrons. The molecule has 0 saturated carbocycles. The van der Waals surface area contributed by atoms with Crippen molar-refractivity contribution in [1.82, 2.24) is 19.9 Å². The molecule has 0 fully saturated rings. The molecule has 0 radical (unpaired) electrons. The van der Waals surface area contributed by atoms with Gasteiger partial charge in [-0.1, -0.05) is 127 Å². The van der Waals surface area contributed by atoms with Crippen molar-refractivity contribution in [3.05, 3.63) is 170 Å². The van der Waals surface area contributed by atoms with Gasteiger partial charge in [-0.25, -0.2) is 15.0 Å².